The molecule has 0 bridgehead atoms. The molecule has 0 aromatic heterocycles. The summed E-state index contributed by atoms with van der Waals surface area (Å²) >= 11 is 0. The Morgan fingerprint density at radius 3 is 1.49 bits per heavy atom. The number of aliphatic hydroxyl groups excluding tert-OH is 7. The molecule has 0 aromatic carbocycles. The minimum absolute atomic E-state index is 0.148. The Balaban J connectivity index is 1.83. The Hall–Kier alpha value is -2.28. The van der Waals surface area contributed by atoms with Gasteiger partial charge in [-0.3, -0.25) is 9.59 Å². The van der Waals surface area contributed by atoms with Crippen molar-refractivity contribution in [2.24, 2.45) is 0 Å². The van der Waals surface area contributed by atoms with Crippen LogP contribution in [-0.4, -0.2) is 142 Å². The zero-order valence-electron chi connectivity index (χ0n) is 39.7. The average molecular weight is 929 g/mol. The molecule has 15 heteroatoms. The van der Waals surface area contributed by atoms with E-state index in [-0.39, 0.29) is 26.1 Å². The summed E-state index contributed by atoms with van der Waals surface area (Å²) in [5.74, 6) is -0.946. The summed E-state index contributed by atoms with van der Waals surface area (Å²) in [6.45, 7) is 2.51. The fourth-order valence-corrected chi connectivity index (χ4v) is 7.64. The van der Waals surface area contributed by atoms with Crippen molar-refractivity contribution in [1.29, 1.82) is 0 Å². The number of carbonyl (C=O) groups is 2. The molecule has 15 nitrogen and oxygen atoms in total. The van der Waals surface area contributed by atoms with Gasteiger partial charge in [0.15, 0.2) is 18.7 Å². The highest BCUT2D eigenvalue weighted by Crippen LogP contribution is 2.26. The molecule has 0 amide bonds. The molecule has 0 radical (unpaired) electrons. The van der Waals surface area contributed by atoms with E-state index < -0.39 is 92.7 Å². The summed E-state index contributed by atoms with van der Waals surface area (Å²) in [4.78, 5) is 25.7. The summed E-state index contributed by atoms with van der Waals surface area (Å²) in [5.41, 5.74) is 0. The molecule has 4 unspecified atom stereocenters. The Kier molecular flexibility index (Phi) is 34.1. The number of rotatable bonds is 38. The number of aliphatic hydroxyl groups is 7. The highest BCUT2D eigenvalue weighted by atomic mass is 16.7. The molecule has 0 aromatic rings. The van der Waals surface area contributed by atoms with Gasteiger partial charge < -0.3 is 64.2 Å². The topological polar surface area (TPSA) is 231 Å². The van der Waals surface area contributed by atoms with E-state index >= 15 is 0 Å². The van der Waals surface area contributed by atoms with Gasteiger partial charge in [-0.15, -0.1) is 0 Å². The Morgan fingerprint density at radius 2 is 0.938 bits per heavy atom. The molecule has 2 rings (SSSR count). The summed E-state index contributed by atoms with van der Waals surface area (Å²) in [6, 6.07) is 0. The van der Waals surface area contributed by atoms with Crippen molar-refractivity contribution in [2.45, 2.75) is 242 Å². The summed E-state index contributed by atoms with van der Waals surface area (Å²) < 4.78 is 33.5. The third-order valence-electron chi connectivity index (χ3n) is 11.8. The first kappa shape index (κ1) is 58.8. The predicted octanol–water partition coefficient (Wildman–Crippen LogP) is 6.54. The molecule has 2 fully saturated rings. The molecule has 2 heterocycles. The molecule has 0 saturated carbocycles. The molecule has 2 saturated heterocycles. The van der Waals surface area contributed by atoms with E-state index in [1.165, 1.54) is 64.2 Å². The van der Waals surface area contributed by atoms with Crippen molar-refractivity contribution in [3.05, 3.63) is 36.5 Å². The number of hydrogen-bond donors (Lipinski definition) is 7. The van der Waals surface area contributed by atoms with Gasteiger partial charge in [-0.25, -0.2) is 0 Å². The SMILES string of the molecule is CCCC/C=C/C/C=C/CCCCCCCC(=O)O[C@H](COC(=O)CCCCCCCCC/C=C/CCCCCC)CO[C@@H]1O[C@H](CO[C@@H]2O[C@H](CO)[C@H](O)C(O)C2O)[C@H](O)C(O)C1O. The summed E-state index contributed by atoms with van der Waals surface area (Å²) in [6.07, 6.45) is 21.7. The number of ether oxygens (including phenoxy) is 6. The highest BCUT2D eigenvalue weighted by Gasteiger charge is 2.47. The van der Waals surface area contributed by atoms with Crippen molar-refractivity contribution in [1.82, 2.24) is 0 Å². The second kappa shape index (κ2) is 37.7. The third kappa shape index (κ3) is 26.2. The molecule has 2 aliphatic rings. The van der Waals surface area contributed by atoms with Gasteiger partial charge in [-0.1, -0.05) is 134 Å². The van der Waals surface area contributed by atoms with E-state index in [0.29, 0.717) is 12.8 Å². The number of hydrogen-bond acceptors (Lipinski definition) is 15. The first-order valence-electron chi connectivity index (χ1n) is 25.1. The lowest BCUT2D eigenvalue weighted by Crippen LogP contribution is -2.61. The van der Waals surface area contributed by atoms with E-state index in [0.717, 1.165) is 70.6 Å². The van der Waals surface area contributed by atoms with Crippen molar-refractivity contribution in [2.75, 3.05) is 26.4 Å². The zero-order valence-corrected chi connectivity index (χ0v) is 39.7. The van der Waals surface area contributed by atoms with Crippen LogP contribution >= 0.6 is 0 Å². The second-order valence-electron chi connectivity index (χ2n) is 17.6. The van der Waals surface area contributed by atoms with Crippen molar-refractivity contribution in [3.63, 3.8) is 0 Å². The minimum Gasteiger partial charge on any atom is -0.462 e. The fourth-order valence-electron chi connectivity index (χ4n) is 7.64. The second-order valence-corrected chi connectivity index (χ2v) is 17.6. The first-order valence-corrected chi connectivity index (χ1v) is 25.1. The predicted molar refractivity (Wildman–Crippen MR) is 247 cm³/mol. The number of carbonyl (C=O) groups excluding carboxylic acids is 2. The van der Waals surface area contributed by atoms with Crippen molar-refractivity contribution >= 4 is 11.9 Å². The number of allylic oxidation sites excluding steroid dienone is 6. The van der Waals surface area contributed by atoms with Crippen LogP contribution in [0.5, 0.6) is 0 Å². The van der Waals surface area contributed by atoms with E-state index in [1.54, 1.807) is 0 Å². The van der Waals surface area contributed by atoms with Gasteiger partial charge in [-0.2, -0.15) is 0 Å². The molecule has 7 N–H and O–H groups in total. The van der Waals surface area contributed by atoms with Crippen LogP contribution in [0.25, 0.3) is 0 Å². The number of unbranched alkanes of at least 4 members (excludes halogenated alkanes) is 18. The van der Waals surface area contributed by atoms with Crippen LogP contribution in [0.3, 0.4) is 0 Å². The zero-order chi connectivity index (χ0) is 47.5. The average Bonchev–Trinajstić information content (AvgIpc) is 3.30. The van der Waals surface area contributed by atoms with Crippen molar-refractivity contribution < 1.29 is 73.8 Å². The molecule has 378 valence electrons. The maximum Gasteiger partial charge on any atom is 0.306 e. The van der Waals surface area contributed by atoms with Gasteiger partial charge >= 0.3 is 11.9 Å². The van der Waals surface area contributed by atoms with Crippen LogP contribution in [0.2, 0.25) is 0 Å². The van der Waals surface area contributed by atoms with Gasteiger partial charge in [0.1, 0.15) is 55.4 Å². The van der Waals surface area contributed by atoms with Crippen LogP contribution in [0.4, 0.5) is 0 Å². The highest BCUT2D eigenvalue weighted by molar-refractivity contribution is 5.70. The van der Waals surface area contributed by atoms with Gasteiger partial charge in [0.25, 0.3) is 0 Å². The van der Waals surface area contributed by atoms with Gasteiger partial charge in [0, 0.05) is 12.8 Å². The monoisotopic (exact) mass is 929 g/mol. The van der Waals surface area contributed by atoms with Crippen LogP contribution in [0.15, 0.2) is 36.5 Å². The third-order valence-corrected chi connectivity index (χ3v) is 11.8. The van der Waals surface area contributed by atoms with Crippen molar-refractivity contribution in [3.8, 4) is 0 Å². The molecule has 65 heavy (non-hydrogen) atoms. The van der Waals surface area contributed by atoms with Crippen LogP contribution in [0, 0.1) is 0 Å². The van der Waals surface area contributed by atoms with Gasteiger partial charge in [0.2, 0.25) is 0 Å². The van der Waals surface area contributed by atoms with E-state index in [4.69, 9.17) is 28.4 Å². The number of esters is 2. The minimum atomic E-state index is -1.77. The Morgan fingerprint density at radius 1 is 0.492 bits per heavy atom. The quantitative estimate of drug-likeness (QED) is 0.0198. The van der Waals surface area contributed by atoms with Crippen LogP contribution in [0.1, 0.15) is 174 Å². The molecular weight excluding hydrogens is 841 g/mol. The maximum atomic E-state index is 13.0. The normalized spacial score (nSPS) is 26.7. The Labute approximate surface area is 389 Å². The lowest BCUT2D eigenvalue weighted by Gasteiger charge is -2.42. The van der Waals surface area contributed by atoms with E-state index in [1.807, 2.05) is 0 Å². The molecular formula is C50H88O15. The Bertz CT molecular complexity index is 1280. The fraction of sp³-hybridized carbons (Fsp3) is 0.840. The standard InChI is InChI=1S/C50H88O15/c1-3-5-7-9-11-13-15-17-19-21-22-24-26-28-30-32-41(52)60-35-38(63-42(53)33-31-29-27-25-23-20-18-16-14-12-10-8-6-4-2)36-61-49-48(59)46(57)44(55)40(65-49)37-62-50-47(58)45(56)43(54)39(34-51)64-50/h10,12-13,15-16,18,38-40,43-51,54-59H,3-9,11,14,17,19-37H2,1-2H3/b12-10+,15-13+,18-16+/t38-,39-,40-,43+,44+,45?,46?,47?,48?,49-,50-/m1/s1. The lowest BCUT2D eigenvalue weighted by atomic mass is 9.98. The molecule has 2 aliphatic heterocycles. The smallest absolute Gasteiger partial charge is 0.306 e. The summed E-state index contributed by atoms with van der Waals surface area (Å²) in [7, 11) is 0. The van der Waals surface area contributed by atoms with Gasteiger partial charge in [0.05, 0.1) is 19.8 Å². The van der Waals surface area contributed by atoms with E-state index in [2.05, 4.69) is 50.3 Å². The largest absolute Gasteiger partial charge is 0.462 e. The summed E-state index contributed by atoms with van der Waals surface area (Å²) in [5, 5.41) is 72.0. The molecule has 0 aliphatic carbocycles. The van der Waals surface area contributed by atoms with Crippen LogP contribution < -0.4 is 0 Å². The molecule has 0 spiro atoms. The van der Waals surface area contributed by atoms with Gasteiger partial charge in [-0.05, 0) is 64.2 Å². The maximum absolute atomic E-state index is 13.0. The first-order chi connectivity index (χ1) is 31.5. The van der Waals surface area contributed by atoms with Crippen LogP contribution in [-0.2, 0) is 38.0 Å². The lowest BCUT2D eigenvalue weighted by molar-refractivity contribution is -0.332. The molecule has 11 atom stereocenters. The van der Waals surface area contributed by atoms with E-state index in [9.17, 15) is 45.3 Å².